The summed E-state index contributed by atoms with van der Waals surface area (Å²) in [5.41, 5.74) is 0.231. The van der Waals surface area contributed by atoms with Crippen molar-refractivity contribution in [2.75, 3.05) is 6.54 Å². The highest BCUT2D eigenvalue weighted by Gasteiger charge is 2.25. The molecule has 1 amide bonds. The number of nitro groups is 1. The average molecular weight is 283 g/mol. The van der Waals surface area contributed by atoms with Crippen molar-refractivity contribution in [3.8, 4) is 0 Å². The van der Waals surface area contributed by atoms with E-state index in [2.05, 4.69) is 0 Å². The lowest BCUT2D eigenvalue weighted by atomic mass is 10.0. The van der Waals surface area contributed by atoms with E-state index in [1.165, 1.54) is 18.2 Å². The van der Waals surface area contributed by atoms with Gasteiger partial charge >= 0.3 is 0 Å². The number of amides is 1. The third-order valence-electron chi connectivity index (χ3n) is 3.46. The van der Waals surface area contributed by atoms with Gasteiger partial charge < -0.3 is 4.90 Å². The SMILES string of the molecule is CC1CCCCN1C(=O)c1ccc([N+](=O)[O-])c(Cl)c1. The lowest BCUT2D eigenvalue weighted by Crippen LogP contribution is -2.42. The fourth-order valence-electron chi connectivity index (χ4n) is 2.35. The number of carbonyl (C=O) groups is 1. The molecule has 0 radical (unpaired) electrons. The molecule has 1 aliphatic rings. The zero-order valence-electron chi connectivity index (χ0n) is 10.6. The van der Waals surface area contributed by atoms with Crippen molar-refractivity contribution in [1.29, 1.82) is 0 Å². The molecular weight excluding hydrogens is 268 g/mol. The number of benzene rings is 1. The molecular formula is C13H15ClN2O3. The molecule has 102 valence electrons. The number of piperidine rings is 1. The molecule has 0 bridgehead atoms. The maximum absolute atomic E-state index is 12.3. The van der Waals surface area contributed by atoms with Crippen LogP contribution in [0.3, 0.4) is 0 Å². The van der Waals surface area contributed by atoms with Gasteiger partial charge in [-0.2, -0.15) is 0 Å². The zero-order chi connectivity index (χ0) is 14.0. The molecule has 0 aromatic heterocycles. The van der Waals surface area contributed by atoms with E-state index in [1.54, 1.807) is 4.90 Å². The van der Waals surface area contributed by atoms with Crippen molar-refractivity contribution in [1.82, 2.24) is 4.90 Å². The first-order valence-corrected chi connectivity index (χ1v) is 6.63. The number of hydrogen-bond acceptors (Lipinski definition) is 3. The summed E-state index contributed by atoms with van der Waals surface area (Å²) >= 11 is 5.83. The number of rotatable bonds is 2. The third kappa shape index (κ3) is 2.87. The quantitative estimate of drug-likeness (QED) is 0.618. The molecule has 0 N–H and O–H groups in total. The van der Waals surface area contributed by atoms with Gasteiger partial charge in [0.15, 0.2) is 0 Å². The van der Waals surface area contributed by atoms with Crippen LogP contribution in [-0.4, -0.2) is 28.3 Å². The Morgan fingerprint density at radius 3 is 2.79 bits per heavy atom. The minimum absolute atomic E-state index is 0.000475. The highest BCUT2D eigenvalue weighted by Crippen LogP contribution is 2.27. The van der Waals surface area contributed by atoms with Crippen LogP contribution in [0.2, 0.25) is 5.02 Å². The van der Waals surface area contributed by atoms with Crippen molar-refractivity contribution < 1.29 is 9.72 Å². The standard InChI is InChI=1S/C13H15ClN2O3/c1-9-4-2-3-7-15(9)13(17)10-5-6-12(16(18)19)11(14)8-10/h5-6,8-9H,2-4,7H2,1H3. The van der Waals surface area contributed by atoms with Gasteiger partial charge in [0.1, 0.15) is 5.02 Å². The topological polar surface area (TPSA) is 63.5 Å². The Labute approximate surface area is 116 Å². The Morgan fingerprint density at radius 2 is 2.21 bits per heavy atom. The van der Waals surface area contributed by atoms with Gasteiger partial charge in [0, 0.05) is 24.2 Å². The summed E-state index contributed by atoms with van der Waals surface area (Å²) in [5.74, 6) is -0.107. The fraction of sp³-hybridized carbons (Fsp3) is 0.462. The van der Waals surface area contributed by atoms with Crippen LogP contribution in [0.1, 0.15) is 36.5 Å². The van der Waals surface area contributed by atoms with Gasteiger partial charge in [0.2, 0.25) is 0 Å². The first-order valence-electron chi connectivity index (χ1n) is 6.25. The normalized spacial score (nSPS) is 19.3. The van der Waals surface area contributed by atoms with E-state index < -0.39 is 4.92 Å². The molecule has 19 heavy (non-hydrogen) atoms. The molecule has 1 unspecified atom stereocenters. The summed E-state index contributed by atoms with van der Waals surface area (Å²) < 4.78 is 0. The molecule has 1 aromatic rings. The summed E-state index contributed by atoms with van der Waals surface area (Å²) in [6.07, 6.45) is 3.12. The van der Waals surface area contributed by atoms with Crippen molar-refractivity contribution in [3.63, 3.8) is 0 Å². The van der Waals surface area contributed by atoms with Crippen molar-refractivity contribution in [2.45, 2.75) is 32.2 Å². The second-order valence-corrected chi connectivity index (χ2v) is 5.17. The second-order valence-electron chi connectivity index (χ2n) is 4.77. The molecule has 1 fully saturated rings. The third-order valence-corrected chi connectivity index (χ3v) is 3.76. The molecule has 0 spiro atoms. The molecule has 0 aliphatic carbocycles. The maximum Gasteiger partial charge on any atom is 0.287 e. The Bertz CT molecular complexity index is 519. The van der Waals surface area contributed by atoms with E-state index in [4.69, 9.17) is 11.6 Å². The van der Waals surface area contributed by atoms with Crippen LogP contribution in [0.4, 0.5) is 5.69 Å². The van der Waals surface area contributed by atoms with Crippen LogP contribution in [0.25, 0.3) is 0 Å². The summed E-state index contributed by atoms with van der Waals surface area (Å²) in [4.78, 5) is 24.3. The minimum Gasteiger partial charge on any atom is -0.336 e. The Hall–Kier alpha value is -1.62. The van der Waals surface area contributed by atoms with Crippen LogP contribution in [0, 0.1) is 10.1 Å². The van der Waals surface area contributed by atoms with Gasteiger partial charge in [-0.05, 0) is 38.3 Å². The van der Waals surface area contributed by atoms with Crippen LogP contribution >= 0.6 is 11.6 Å². The average Bonchev–Trinajstić information content (AvgIpc) is 2.38. The fourth-order valence-corrected chi connectivity index (χ4v) is 2.60. The van der Waals surface area contributed by atoms with Gasteiger partial charge in [-0.15, -0.1) is 0 Å². The summed E-state index contributed by atoms with van der Waals surface area (Å²) in [6.45, 7) is 2.75. The molecule has 6 heteroatoms. The number of carbonyl (C=O) groups excluding carboxylic acids is 1. The van der Waals surface area contributed by atoms with E-state index in [1.807, 2.05) is 6.92 Å². The molecule has 0 saturated carbocycles. The Balaban J connectivity index is 2.24. The van der Waals surface area contributed by atoms with Gasteiger partial charge in [-0.1, -0.05) is 11.6 Å². The predicted molar refractivity (Wildman–Crippen MR) is 72.5 cm³/mol. The number of hydrogen-bond donors (Lipinski definition) is 0. The van der Waals surface area contributed by atoms with E-state index in [-0.39, 0.29) is 22.7 Å². The monoisotopic (exact) mass is 282 g/mol. The lowest BCUT2D eigenvalue weighted by Gasteiger charge is -2.33. The van der Waals surface area contributed by atoms with Crippen molar-refractivity contribution in [3.05, 3.63) is 38.9 Å². The molecule has 1 saturated heterocycles. The van der Waals surface area contributed by atoms with E-state index in [0.29, 0.717) is 5.56 Å². The van der Waals surface area contributed by atoms with E-state index in [0.717, 1.165) is 25.8 Å². The van der Waals surface area contributed by atoms with Gasteiger partial charge in [0.25, 0.3) is 11.6 Å². The van der Waals surface area contributed by atoms with Gasteiger partial charge in [-0.3, -0.25) is 14.9 Å². The predicted octanol–water partition coefficient (Wildman–Crippen LogP) is 3.26. The van der Waals surface area contributed by atoms with E-state index in [9.17, 15) is 14.9 Å². The van der Waals surface area contributed by atoms with E-state index >= 15 is 0 Å². The second kappa shape index (κ2) is 5.57. The number of likely N-dealkylation sites (tertiary alicyclic amines) is 1. The minimum atomic E-state index is -0.555. The Kier molecular flexibility index (Phi) is 4.04. The summed E-state index contributed by atoms with van der Waals surface area (Å²) in [7, 11) is 0. The number of halogens is 1. The molecule has 1 atom stereocenters. The zero-order valence-corrected chi connectivity index (χ0v) is 11.4. The van der Waals surface area contributed by atoms with Crippen molar-refractivity contribution in [2.24, 2.45) is 0 Å². The highest BCUT2D eigenvalue weighted by molar-refractivity contribution is 6.33. The Morgan fingerprint density at radius 1 is 1.47 bits per heavy atom. The highest BCUT2D eigenvalue weighted by atomic mass is 35.5. The van der Waals surface area contributed by atoms with Crippen LogP contribution < -0.4 is 0 Å². The first kappa shape index (κ1) is 13.8. The van der Waals surface area contributed by atoms with Crippen LogP contribution in [0.15, 0.2) is 18.2 Å². The summed E-state index contributed by atoms with van der Waals surface area (Å²) in [5, 5.41) is 10.7. The number of nitrogens with zero attached hydrogens (tertiary/aromatic N) is 2. The first-order chi connectivity index (χ1) is 9.00. The molecule has 1 aromatic carbocycles. The smallest absolute Gasteiger partial charge is 0.287 e. The van der Waals surface area contributed by atoms with Gasteiger partial charge in [-0.25, -0.2) is 0 Å². The largest absolute Gasteiger partial charge is 0.336 e. The number of nitro benzene ring substituents is 1. The van der Waals surface area contributed by atoms with Crippen LogP contribution in [0.5, 0.6) is 0 Å². The lowest BCUT2D eigenvalue weighted by molar-refractivity contribution is -0.384. The van der Waals surface area contributed by atoms with Gasteiger partial charge in [0.05, 0.1) is 4.92 Å². The molecule has 5 nitrogen and oxygen atoms in total. The maximum atomic E-state index is 12.3. The summed E-state index contributed by atoms with van der Waals surface area (Å²) in [6, 6.07) is 4.33. The molecule has 2 rings (SSSR count). The van der Waals surface area contributed by atoms with Crippen molar-refractivity contribution >= 4 is 23.2 Å². The van der Waals surface area contributed by atoms with Crippen LogP contribution in [-0.2, 0) is 0 Å². The molecule has 1 aliphatic heterocycles. The molecule has 1 heterocycles.